The Morgan fingerprint density at radius 3 is 2.09 bits per heavy atom. The summed E-state index contributed by atoms with van der Waals surface area (Å²) in [5.74, 6) is 1.68. The molecule has 3 rings (SSSR count). The van der Waals surface area contributed by atoms with Crippen LogP contribution in [0.4, 0.5) is 5.69 Å². The minimum atomic E-state index is -0.236. The first-order valence-corrected chi connectivity index (χ1v) is 11.6. The number of benzene rings is 2. The lowest BCUT2D eigenvalue weighted by atomic mass is 9.84. The molecule has 4 nitrogen and oxygen atoms in total. The van der Waals surface area contributed by atoms with Crippen molar-refractivity contribution in [3.8, 4) is 22.8 Å². The van der Waals surface area contributed by atoms with Crippen molar-refractivity contribution in [2.24, 2.45) is 4.99 Å². The fraction of sp³-hybridized carbons (Fsp3) is 0.379. The molecule has 0 bridgehead atoms. The molecule has 0 saturated carbocycles. The van der Waals surface area contributed by atoms with Crippen LogP contribution in [0.15, 0.2) is 53.5 Å². The highest BCUT2D eigenvalue weighted by molar-refractivity contribution is 5.82. The van der Waals surface area contributed by atoms with Gasteiger partial charge in [0.05, 0.1) is 30.4 Å². The van der Waals surface area contributed by atoms with E-state index in [1.807, 2.05) is 36.5 Å². The fourth-order valence-electron chi connectivity index (χ4n) is 3.96. The SMILES string of the molecule is COc1cc(-c2cccc(C=Nc3c(C(C)C)cccc3C(C)C)n2)c(O)c(C(C)(C)C)c1. The van der Waals surface area contributed by atoms with Crippen LogP contribution in [0.5, 0.6) is 11.5 Å². The Hall–Kier alpha value is -3.14. The van der Waals surface area contributed by atoms with Crippen LogP contribution in [0.3, 0.4) is 0 Å². The summed E-state index contributed by atoms with van der Waals surface area (Å²) in [5.41, 5.74) is 6.14. The average Bonchev–Trinajstić information content (AvgIpc) is 2.76. The van der Waals surface area contributed by atoms with Gasteiger partial charge in [0.1, 0.15) is 11.5 Å². The Labute approximate surface area is 198 Å². The molecule has 0 unspecified atom stereocenters. The molecule has 0 amide bonds. The molecule has 3 aromatic rings. The lowest BCUT2D eigenvalue weighted by Crippen LogP contribution is -2.12. The van der Waals surface area contributed by atoms with Gasteiger partial charge in [-0.25, -0.2) is 4.98 Å². The second kappa shape index (κ2) is 9.78. The summed E-state index contributed by atoms with van der Waals surface area (Å²) in [6.07, 6.45) is 1.82. The van der Waals surface area contributed by atoms with Crippen LogP contribution >= 0.6 is 0 Å². The number of methoxy groups -OCH3 is 1. The van der Waals surface area contributed by atoms with Crippen LogP contribution in [0.25, 0.3) is 11.3 Å². The van der Waals surface area contributed by atoms with E-state index in [-0.39, 0.29) is 11.2 Å². The third-order valence-electron chi connectivity index (χ3n) is 5.84. The molecule has 1 N–H and O–H groups in total. The van der Waals surface area contributed by atoms with Gasteiger partial charge in [0.2, 0.25) is 0 Å². The zero-order valence-corrected chi connectivity index (χ0v) is 21.1. The van der Waals surface area contributed by atoms with Crippen molar-refractivity contribution in [1.29, 1.82) is 0 Å². The molecule has 2 aromatic carbocycles. The maximum Gasteiger partial charge on any atom is 0.128 e. The summed E-state index contributed by atoms with van der Waals surface area (Å²) in [5, 5.41) is 11.1. The number of aromatic nitrogens is 1. The standard InChI is InChI=1S/C29H36N2O2/c1-18(2)22-12-10-13-23(19(3)4)27(22)30-17-20-11-9-14-26(31-20)24-15-21(33-8)16-25(28(24)32)29(5,6)7/h9-19,32H,1-8H3. The normalized spacial score (nSPS) is 12.2. The van der Waals surface area contributed by atoms with Crippen molar-refractivity contribution in [1.82, 2.24) is 4.98 Å². The molecule has 174 valence electrons. The summed E-state index contributed by atoms with van der Waals surface area (Å²) in [7, 11) is 1.64. The molecular weight excluding hydrogens is 408 g/mol. The van der Waals surface area contributed by atoms with Crippen LogP contribution in [0.1, 0.15) is 82.7 Å². The van der Waals surface area contributed by atoms with Crippen LogP contribution in [-0.4, -0.2) is 23.4 Å². The predicted molar refractivity (Wildman–Crippen MR) is 138 cm³/mol. The smallest absolute Gasteiger partial charge is 0.128 e. The van der Waals surface area contributed by atoms with E-state index in [0.717, 1.165) is 16.9 Å². The Balaban J connectivity index is 2.08. The molecule has 33 heavy (non-hydrogen) atoms. The number of ether oxygens (including phenoxy) is 1. The van der Waals surface area contributed by atoms with Gasteiger partial charge in [0.15, 0.2) is 0 Å². The number of aromatic hydroxyl groups is 1. The molecule has 1 heterocycles. The third kappa shape index (κ3) is 5.44. The van der Waals surface area contributed by atoms with Gasteiger partial charge < -0.3 is 9.84 Å². The topological polar surface area (TPSA) is 54.7 Å². The van der Waals surface area contributed by atoms with Gasteiger partial charge in [-0.15, -0.1) is 0 Å². The van der Waals surface area contributed by atoms with Crippen molar-refractivity contribution in [3.05, 3.63) is 70.9 Å². The zero-order chi connectivity index (χ0) is 24.3. The molecule has 0 aliphatic heterocycles. The Morgan fingerprint density at radius 1 is 0.939 bits per heavy atom. The lowest BCUT2D eigenvalue weighted by Gasteiger charge is -2.23. The zero-order valence-electron chi connectivity index (χ0n) is 21.1. The average molecular weight is 445 g/mol. The fourth-order valence-corrected chi connectivity index (χ4v) is 3.96. The van der Waals surface area contributed by atoms with Crippen molar-refractivity contribution < 1.29 is 9.84 Å². The van der Waals surface area contributed by atoms with Gasteiger partial charge in [-0.05, 0) is 52.6 Å². The van der Waals surface area contributed by atoms with E-state index in [0.29, 0.717) is 28.8 Å². The summed E-state index contributed by atoms with van der Waals surface area (Å²) in [4.78, 5) is 9.69. The Bertz CT molecular complexity index is 1130. The van der Waals surface area contributed by atoms with E-state index in [4.69, 9.17) is 14.7 Å². The number of rotatable bonds is 6. The predicted octanol–water partition coefficient (Wildman–Crippen LogP) is 7.76. The van der Waals surface area contributed by atoms with Crippen LogP contribution in [-0.2, 0) is 5.41 Å². The van der Waals surface area contributed by atoms with Crippen molar-refractivity contribution in [2.75, 3.05) is 7.11 Å². The minimum Gasteiger partial charge on any atom is -0.507 e. The summed E-state index contributed by atoms with van der Waals surface area (Å²) >= 11 is 0. The highest BCUT2D eigenvalue weighted by Crippen LogP contribution is 2.41. The van der Waals surface area contributed by atoms with Crippen molar-refractivity contribution >= 4 is 11.9 Å². The molecule has 0 atom stereocenters. The van der Waals surface area contributed by atoms with Gasteiger partial charge >= 0.3 is 0 Å². The second-order valence-corrected chi connectivity index (χ2v) is 10.1. The number of aliphatic imine (C=N–C) groups is 1. The molecule has 0 aliphatic carbocycles. The Morgan fingerprint density at radius 2 is 1.55 bits per heavy atom. The molecule has 0 aliphatic rings. The highest BCUT2D eigenvalue weighted by atomic mass is 16.5. The summed E-state index contributed by atoms with van der Waals surface area (Å²) < 4.78 is 5.51. The third-order valence-corrected chi connectivity index (χ3v) is 5.84. The maximum absolute atomic E-state index is 11.1. The van der Waals surface area contributed by atoms with Crippen LogP contribution in [0.2, 0.25) is 0 Å². The molecule has 1 aromatic heterocycles. The van der Waals surface area contributed by atoms with Gasteiger partial charge in [-0.2, -0.15) is 0 Å². The monoisotopic (exact) mass is 444 g/mol. The number of phenols is 1. The van der Waals surface area contributed by atoms with E-state index in [1.165, 1.54) is 11.1 Å². The minimum absolute atomic E-state index is 0.233. The maximum atomic E-state index is 11.1. The van der Waals surface area contributed by atoms with Crippen LogP contribution in [0, 0.1) is 0 Å². The molecule has 0 fully saturated rings. The van der Waals surface area contributed by atoms with Crippen molar-refractivity contribution in [3.63, 3.8) is 0 Å². The van der Waals surface area contributed by atoms with E-state index in [9.17, 15) is 5.11 Å². The molecule has 0 radical (unpaired) electrons. The lowest BCUT2D eigenvalue weighted by molar-refractivity contribution is 0.406. The quantitative estimate of drug-likeness (QED) is 0.395. The first-order chi connectivity index (χ1) is 15.5. The molecular formula is C29H36N2O2. The summed E-state index contributed by atoms with van der Waals surface area (Å²) in [6.45, 7) is 15.0. The number of pyridine rings is 1. The number of phenolic OH excluding ortho intramolecular Hbond substituents is 1. The van der Waals surface area contributed by atoms with E-state index >= 15 is 0 Å². The molecule has 4 heteroatoms. The second-order valence-electron chi connectivity index (χ2n) is 10.1. The van der Waals surface area contributed by atoms with Crippen LogP contribution < -0.4 is 4.74 Å². The number of hydrogen-bond donors (Lipinski definition) is 1. The largest absolute Gasteiger partial charge is 0.507 e. The number of hydrogen-bond acceptors (Lipinski definition) is 4. The number of para-hydroxylation sites is 1. The highest BCUT2D eigenvalue weighted by Gasteiger charge is 2.23. The van der Waals surface area contributed by atoms with Gasteiger partial charge in [-0.1, -0.05) is 72.7 Å². The van der Waals surface area contributed by atoms with Gasteiger partial charge in [0, 0.05) is 11.1 Å². The Kier molecular flexibility index (Phi) is 7.26. The van der Waals surface area contributed by atoms with Gasteiger partial charge in [0.25, 0.3) is 0 Å². The molecule has 0 spiro atoms. The van der Waals surface area contributed by atoms with Gasteiger partial charge in [-0.3, -0.25) is 4.99 Å². The van der Waals surface area contributed by atoms with Crippen molar-refractivity contribution in [2.45, 2.75) is 65.7 Å². The van der Waals surface area contributed by atoms with E-state index in [1.54, 1.807) is 7.11 Å². The summed E-state index contributed by atoms with van der Waals surface area (Å²) in [6, 6.07) is 15.9. The first-order valence-electron chi connectivity index (χ1n) is 11.6. The first kappa shape index (κ1) is 24.5. The molecule has 0 saturated heterocycles. The van der Waals surface area contributed by atoms with E-state index < -0.39 is 0 Å². The number of nitrogens with zero attached hydrogens (tertiary/aromatic N) is 2. The van der Waals surface area contributed by atoms with E-state index in [2.05, 4.69) is 66.7 Å².